The molecule has 0 saturated heterocycles. The molecule has 2 heterocycles. The van der Waals surface area contributed by atoms with Crippen molar-refractivity contribution in [2.45, 2.75) is 42.8 Å². The molecule has 0 amide bonds. The van der Waals surface area contributed by atoms with E-state index in [1.165, 1.54) is 11.7 Å². The highest BCUT2D eigenvalue weighted by Gasteiger charge is 2.47. The van der Waals surface area contributed by atoms with Gasteiger partial charge in [-0.1, -0.05) is 32.0 Å². The second-order valence-corrected chi connectivity index (χ2v) is 8.99. The lowest BCUT2D eigenvalue weighted by Gasteiger charge is -2.36. The molecule has 1 aromatic heterocycles. The van der Waals surface area contributed by atoms with Crippen LogP contribution < -0.4 is 0 Å². The zero-order valence-electron chi connectivity index (χ0n) is 14.1. The topological polar surface area (TPSA) is 89.3 Å². The zero-order valence-corrected chi connectivity index (χ0v) is 14.9. The Hall–Kier alpha value is -2.15. The summed E-state index contributed by atoms with van der Waals surface area (Å²) in [4.78, 5) is 13.2. The third kappa shape index (κ3) is 2.26. The molecule has 2 aromatic rings. The van der Waals surface area contributed by atoms with E-state index in [-0.39, 0.29) is 22.8 Å². The Morgan fingerprint density at radius 2 is 1.96 bits per heavy atom. The first kappa shape index (κ1) is 16.7. The van der Waals surface area contributed by atoms with Crippen LogP contribution in [0.2, 0.25) is 0 Å². The highest BCUT2D eigenvalue weighted by molar-refractivity contribution is 7.93. The lowest BCUT2D eigenvalue weighted by Crippen LogP contribution is -2.42. The van der Waals surface area contributed by atoms with E-state index in [1.54, 1.807) is 31.2 Å². The van der Waals surface area contributed by atoms with Crippen molar-refractivity contribution in [1.29, 1.82) is 0 Å². The quantitative estimate of drug-likeness (QED) is 0.840. The molecule has 1 unspecified atom stereocenters. The molecular weight excluding hydrogens is 328 g/mol. The largest absolute Gasteiger partial charge is 0.493 e. The van der Waals surface area contributed by atoms with Crippen LogP contribution in [-0.4, -0.2) is 34.3 Å². The van der Waals surface area contributed by atoms with Gasteiger partial charge in [-0.05, 0) is 30.4 Å². The van der Waals surface area contributed by atoms with Crippen LogP contribution in [0.25, 0.3) is 0 Å². The number of fused-ring (bicyclic) bond motifs is 1. The molecule has 1 aromatic carbocycles. The van der Waals surface area contributed by atoms with E-state index < -0.39 is 26.3 Å². The molecule has 0 spiro atoms. The first-order valence-corrected chi connectivity index (χ1v) is 9.22. The van der Waals surface area contributed by atoms with Crippen LogP contribution >= 0.6 is 0 Å². The average molecular weight is 348 g/mol. The van der Waals surface area contributed by atoms with Gasteiger partial charge in [-0.15, -0.1) is 0 Å². The molecule has 1 atom stereocenters. The van der Waals surface area contributed by atoms with Crippen LogP contribution in [0.1, 0.15) is 41.9 Å². The number of ketones is 1. The van der Waals surface area contributed by atoms with Gasteiger partial charge in [0, 0.05) is 7.05 Å². The Kier molecular flexibility index (Phi) is 3.60. The van der Waals surface area contributed by atoms with Gasteiger partial charge in [-0.25, -0.2) is 13.1 Å². The van der Waals surface area contributed by atoms with E-state index in [0.717, 1.165) is 5.56 Å². The summed E-state index contributed by atoms with van der Waals surface area (Å²) in [6, 6.07) is 6.80. The second kappa shape index (κ2) is 5.17. The van der Waals surface area contributed by atoms with Gasteiger partial charge in [-0.2, -0.15) is 5.10 Å². The summed E-state index contributed by atoms with van der Waals surface area (Å²) in [6.07, 6.45) is 0.166. The van der Waals surface area contributed by atoms with Crippen LogP contribution in [0.4, 0.5) is 0 Å². The maximum absolute atomic E-state index is 13.0. The molecule has 1 aliphatic rings. The minimum Gasteiger partial charge on any atom is -0.493 e. The summed E-state index contributed by atoms with van der Waals surface area (Å²) in [6.45, 7) is 5.44. The van der Waals surface area contributed by atoms with Gasteiger partial charge < -0.3 is 5.11 Å². The number of rotatable bonds is 2. The van der Waals surface area contributed by atoms with E-state index in [2.05, 4.69) is 5.10 Å². The zero-order chi connectivity index (χ0) is 17.9. The molecule has 24 heavy (non-hydrogen) atoms. The van der Waals surface area contributed by atoms with E-state index in [4.69, 9.17) is 0 Å². The molecule has 0 radical (unpaired) electrons. The molecule has 1 N–H and O–H groups in total. The lowest BCUT2D eigenvalue weighted by molar-refractivity contribution is 0.0970. The number of nitrogens with zero attached hydrogens (tertiary/aromatic N) is 2. The molecule has 6 nitrogen and oxygen atoms in total. The fourth-order valence-electron chi connectivity index (χ4n) is 3.44. The molecule has 7 heteroatoms. The van der Waals surface area contributed by atoms with E-state index >= 15 is 0 Å². The number of aromatic nitrogens is 2. The summed E-state index contributed by atoms with van der Waals surface area (Å²) in [5, 5.41) is 12.9. The predicted molar refractivity (Wildman–Crippen MR) is 89.0 cm³/mol. The fourth-order valence-corrected chi connectivity index (χ4v) is 5.70. The minimum atomic E-state index is -3.82. The third-order valence-electron chi connectivity index (χ3n) is 4.72. The number of aryl methyl sites for hydroxylation is 2. The van der Waals surface area contributed by atoms with Crippen molar-refractivity contribution in [3.05, 3.63) is 41.1 Å². The summed E-state index contributed by atoms with van der Waals surface area (Å²) >= 11 is 0. The van der Waals surface area contributed by atoms with Gasteiger partial charge in [0.15, 0.2) is 15.6 Å². The number of carbonyl (C=O) groups excluding carboxylic acids is 1. The molecule has 0 bridgehead atoms. The standard InChI is InChI=1S/C17H20N2O4S/c1-10-14(16(21)19(4)18-10)15(20)13-9-17(2,3)11-7-5-6-8-12(11)24(13,22)23/h5-8,13,21H,9H2,1-4H3. The molecule has 128 valence electrons. The molecular formula is C17H20N2O4S. The van der Waals surface area contributed by atoms with E-state index in [1.807, 2.05) is 13.8 Å². The summed E-state index contributed by atoms with van der Waals surface area (Å²) in [5.41, 5.74) is 0.572. The highest BCUT2D eigenvalue weighted by atomic mass is 32.2. The Bertz CT molecular complexity index is 941. The minimum absolute atomic E-state index is 0.0127. The van der Waals surface area contributed by atoms with Crippen LogP contribution in [0, 0.1) is 6.92 Å². The fraction of sp³-hybridized carbons (Fsp3) is 0.412. The van der Waals surface area contributed by atoms with Gasteiger partial charge in [0.2, 0.25) is 5.88 Å². The summed E-state index contributed by atoms with van der Waals surface area (Å²) in [7, 11) is -2.32. The Morgan fingerprint density at radius 1 is 1.33 bits per heavy atom. The first-order chi connectivity index (χ1) is 11.1. The van der Waals surface area contributed by atoms with Crippen molar-refractivity contribution in [3.63, 3.8) is 0 Å². The van der Waals surface area contributed by atoms with Crippen molar-refractivity contribution in [2.24, 2.45) is 7.05 Å². The maximum Gasteiger partial charge on any atom is 0.220 e. The highest BCUT2D eigenvalue weighted by Crippen LogP contribution is 2.43. The smallest absolute Gasteiger partial charge is 0.220 e. The van der Waals surface area contributed by atoms with Crippen LogP contribution in [0.3, 0.4) is 0 Å². The lowest BCUT2D eigenvalue weighted by atomic mass is 9.79. The van der Waals surface area contributed by atoms with Gasteiger partial charge in [0.1, 0.15) is 10.8 Å². The van der Waals surface area contributed by atoms with Gasteiger partial charge in [0.25, 0.3) is 0 Å². The van der Waals surface area contributed by atoms with E-state index in [0.29, 0.717) is 5.69 Å². The molecule has 0 saturated carbocycles. The monoisotopic (exact) mass is 348 g/mol. The van der Waals surface area contributed by atoms with Crippen molar-refractivity contribution in [1.82, 2.24) is 9.78 Å². The molecule has 3 rings (SSSR count). The van der Waals surface area contributed by atoms with Crippen molar-refractivity contribution in [3.8, 4) is 5.88 Å². The normalized spacial score (nSPS) is 21.2. The number of sulfone groups is 1. The number of aromatic hydroxyl groups is 1. The second-order valence-electron chi connectivity index (χ2n) is 6.89. The number of Topliss-reactive ketones (excluding diaryl/α,β-unsaturated/α-hetero) is 1. The third-order valence-corrected chi connectivity index (χ3v) is 6.82. The number of hydrogen-bond acceptors (Lipinski definition) is 5. The average Bonchev–Trinajstić information content (AvgIpc) is 2.76. The van der Waals surface area contributed by atoms with Gasteiger partial charge >= 0.3 is 0 Å². The molecule has 0 fully saturated rings. The van der Waals surface area contributed by atoms with Crippen LogP contribution in [-0.2, 0) is 22.3 Å². The molecule has 1 aliphatic heterocycles. The van der Waals surface area contributed by atoms with Gasteiger partial charge in [0.05, 0.1) is 10.6 Å². The molecule has 0 aliphatic carbocycles. The summed E-state index contributed by atoms with van der Waals surface area (Å²) < 4.78 is 27.2. The van der Waals surface area contributed by atoms with E-state index in [9.17, 15) is 18.3 Å². The van der Waals surface area contributed by atoms with Crippen molar-refractivity contribution < 1.29 is 18.3 Å². The maximum atomic E-state index is 13.0. The Balaban J connectivity index is 2.18. The predicted octanol–water partition coefficient (Wildman–Crippen LogP) is 2.14. The number of carbonyl (C=O) groups is 1. The van der Waals surface area contributed by atoms with Crippen LogP contribution in [0.5, 0.6) is 5.88 Å². The van der Waals surface area contributed by atoms with Crippen molar-refractivity contribution >= 4 is 15.6 Å². The van der Waals surface area contributed by atoms with Crippen LogP contribution in [0.15, 0.2) is 29.2 Å². The summed E-state index contributed by atoms with van der Waals surface area (Å²) in [5.74, 6) is -0.898. The number of benzene rings is 1. The Morgan fingerprint density at radius 3 is 2.54 bits per heavy atom. The Labute approximate surface area is 141 Å². The SMILES string of the molecule is Cc1nn(C)c(O)c1C(=O)C1CC(C)(C)c2ccccc2S1(=O)=O. The first-order valence-electron chi connectivity index (χ1n) is 7.67. The number of hydrogen-bond donors (Lipinski definition) is 1. The van der Waals surface area contributed by atoms with Gasteiger partial charge in [-0.3, -0.25) is 4.79 Å². The van der Waals surface area contributed by atoms with Crippen molar-refractivity contribution in [2.75, 3.05) is 0 Å².